The Kier molecular flexibility index (Phi) is 4.29. The highest BCUT2D eigenvalue weighted by molar-refractivity contribution is 5.42. The van der Waals surface area contributed by atoms with Crippen LogP contribution in [-0.4, -0.2) is 16.4 Å². The first-order chi connectivity index (χ1) is 9.31. The molecule has 0 amide bonds. The van der Waals surface area contributed by atoms with Gasteiger partial charge < -0.3 is 4.74 Å². The molecule has 0 fully saturated rings. The maximum Gasteiger partial charge on any atom is 0.266 e. The average Bonchev–Trinajstić information content (AvgIpc) is 2.45. The van der Waals surface area contributed by atoms with Gasteiger partial charge in [0.05, 0.1) is 12.2 Å². The largest absolute Gasteiger partial charge is 0.492 e. The number of rotatable bonds is 5. The Hall–Kier alpha value is -2.61. The Morgan fingerprint density at radius 2 is 2.11 bits per heavy atom. The molecule has 0 atom stereocenters. The number of ether oxygens (including phenoxy) is 1. The van der Waals surface area contributed by atoms with Gasteiger partial charge in [-0.2, -0.15) is 10.4 Å². The molecule has 2 rings (SSSR count). The third-order valence-electron chi connectivity index (χ3n) is 2.56. The first-order valence-electron chi connectivity index (χ1n) is 5.95. The summed E-state index contributed by atoms with van der Waals surface area (Å²) in [7, 11) is 0. The molecule has 5 heteroatoms. The van der Waals surface area contributed by atoms with E-state index in [4.69, 9.17) is 10.00 Å². The van der Waals surface area contributed by atoms with E-state index in [2.05, 4.69) is 11.2 Å². The van der Waals surface area contributed by atoms with Crippen molar-refractivity contribution >= 4 is 0 Å². The van der Waals surface area contributed by atoms with E-state index < -0.39 is 0 Å². The molecule has 0 unspecified atom stereocenters. The van der Waals surface area contributed by atoms with Crippen molar-refractivity contribution in [1.82, 2.24) is 9.78 Å². The number of hydrogen-bond acceptors (Lipinski definition) is 4. The number of aryl methyl sites for hydroxylation is 1. The Morgan fingerprint density at radius 1 is 1.26 bits per heavy atom. The number of hydrogen-bond donors (Lipinski definition) is 0. The molecule has 5 nitrogen and oxygen atoms in total. The first kappa shape index (κ1) is 12.8. The topological polar surface area (TPSA) is 67.9 Å². The summed E-state index contributed by atoms with van der Waals surface area (Å²) in [5.74, 6) is 0.568. The number of benzene rings is 1. The molecule has 0 saturated heterocycles. The third kappa shape index (κ3) is 3.42. The minimum Gasteiger partial charge on any atom is -0.492 e. The number of para-hydroxylation sites is 1. The molecular weight excluding hydrogens is 242 g/mol. The second-order valence-corrected chi connectivity index (χ2v) is 3.90. The fourth-order valence-electron chi connectivity index (χ4n) is 1.64. The quantitative estimate of drug-likeness (QED) is 0.761. The van der Waals surface area contributed by atoms with E-state index in [9.17, 15) is 4.79 Å². The van der Waals surface area contributed by atoms with E-state index in [0.29, 0.717) is 30.9 Å². The fraction of sp³-hybridized carbons (Fsp3) is 0.214. The highest BCUT2D eigenvalue weighted by Crippen LogP contribution is 2.16. The molecule has 0 aliphatic carbocycles. The Morgan fingerprint density at radius 3 is 2.89 bits per heavy atom. The summed E-state index contributed by atoms with van der Waals surface area (Å²) in [6.07, 6.45) is 2.23. The van der Waals surface area contributed by atoms with Gasteiger partial charge in [-0.15, -0.1) is 0 Å². The van der Waals surface area contributed by atoms with Gasteiger partial charge in [0.15, 0.2) is 0 Å². The maximum atomic E-state index is 11.4. The lowest BCUT2D eigenvalue weighted by atomic mass is 10.2. The lowest BCUT2D eigenvalue weighted by Crippen LogP contribution is -2.22. The van der Waals surface area contributed by atoms with Crippen LogP contribution in [0.2, 0.25) is 0 Å². The Bertz CT molecular complexity index is 643. The molecule has 19 heavy (non-hydrogen) atoms. The van der Waals surface area contributed by atoms with Crippen LogP contribution in [0.1, 0.15) is 12.0 Å². The van der Waals surface area contributed by atoms with E-state index in [1.54, 1.807) is 30.5 Å². The monoisotopic (exact) mass is 255 g/mol. The fourth-order valence-corrected chi connectivity index (χ4v) is 1.64. The second-order valence-electron chi connectivity index (χ2n) is 3.90. The van der Waals surface area contributed by atoms with Crippen molar-refractivity contribution in [3.8, 4) is 11.8 Å². The van der Waals surface area contributed by atoms with E-state index in [1.165, 1.54) is 10.7 Å². The molecule has 0 bridgehead atoms. The van der Waals surface area contributed by atoms with Gasteiger partial charge in [-0.1, -0.05) is 12.1 Å². The molecule has 0 radical (unpaired) electrons. The summed E-state index contributed by atoms with van der Waals surface area (Å²) >= 11 is 0. The SMILES string of the molecule is N#Cc1ccccc1OCCCn1ncccc1=O. The summed E-state index contributed by atoms with van der Waals surface area (Å²) in [6, 6.07) is 12.2. The van der Waals surface area contributed by atoms with Gasteiger partial charge >= 0.3 is 0 Å². The lowest BCUT2D eigenvalue weighted by Gasteiger charge is -2.07. The second kappa shape index (κ2) is 6.36. The van der Waals surface area contributed by atoms with Crippen LogP contribution in [-0.2, 0) is 6.54 Å². The maximum absolute atomic E-state index is 11.4. The number of aromatic nitrogens is 2. The average molecular weight is 255 g/mol. The first-order valence-corrected chi connectivity index (χ1v) is 5.95. The van der Waals surface area contributed by atoms with Crippen LogP contribution in [0.15, 0.2) is 47.4 Å². The molecule has 1 heterocycles. The highest BCUT2D eigenvalue weighted by Gasteiger charge is 2.01. The Labute approximate surface area is 110 Å². The molecule has 1 aromatic heterocycles. The van der Waals surface area contributed by atoms with Crippen LogP contribution in [0.3, 0.4) is 0 Å². The zero-order chi connectivity index (χ0) is 13.5. The van der Waals surface area contributed by atoms with Crippen molar-refractivity contribution in [1.29, 1.82) is 5.26 Å². The molecule has 0 N–H and O–H groups in total. The predicted molar refractivity (Wildman–Crippen MR) is 69.8 cm³/mol. The van der Waals surface area contributed by atoms with Crippen LogP contribution >= 0.6 is 0 Å². The van der Waals surface area contributed by atoms with Crippen molar-refractivity contribution < 1.29 is 4.74 Å². The summed E-state index contributed by atoms with van der Waals surface area (Å²) < 4.78 is 6.91. The zero-order valence-electron chi connectivity index (χ0n) is 10.3. The predicted octanol–water partition coefficient (Wildman–Crippen LogP) is 1.58. The van der Waals surface area contributed by atoms with Crippen LogP contribution in [0, 0.1) is 11.3 Å². The van der Waals surface area contributed by atoms with Gasteiger partial charge in [0.25, 0.3) is 5.56 Å². The molecule has 1 aromatic carbocycles. The minimum absolute atomic E-state index is 0.125. The molecular formula is C14H13N3O2. The van der Waals surface area contributed by atoms with Gasteiger partial charge in [0.1, 0.15) is 11.8 Å². The van der Waals surface area contributed by atoms with E-state index in [1.807, 2.05) is 6.07 Å². The normalized spacial score (nSPS) is 9.84. The minimum atomic E-state index is -0.125. The van der Waals surface area contributed by atoms with Crippen LogP contribution in [0.25, 0.3) is 0 Å². The lowest BCUT2D eigenvalue weighted by molar-refractivity contribution is 0.296. The van der Waals surface area contributed by atoms with Gasteiger partial charge in [-0.25, -0.2) is 4.68 Å². The summed E-state index contributed by atoms with van der Waals surface area (Å²) in [4.78, 5) is 11.4. The van der Waals surface area contributed by atoms with Crippen molar-refractivity contribution in [3.05, 3.63) is 58.5 Å². The molecule has 0 spiro atoms. The smallest absolute Gasteiger partial charge is 0.266 e. The summed E-state index contributed by atoms with van der Waals surface area (Å²) in [6.45, 7) is 0.927. The van der Waals surface area contributed by atoms with Gasteiger partial charge in [0.2, 0.25) is 0 Å². The zero-order valence-corrected chi connectivity index (χ0v) is 10.3. The molecule has 96 valence electrons. The van der Waals surface area contributed by atoms with Crippen molar-refractivity contribution in [3.63, 3.8) is 0 Å². The standard InChI is InChI=1S/C14H13N3O2/c15-11-12-5-1-2-6-13(12)19-10-4-9-17-14(18)7-3-8-16-17/h1-3,5-8H,4,9-10H2. The van der Waals surface area contributed by atoms with Crippen LogP contribution in [0.5, 0.6) is 5.75 Å². The van der Waals surface area contributed by atoms with Gasteiger partial charge in [-0.05, 0) is 18.2 Å². The summed E-state index contributed by atoms with van der Waals surface area (Å²) in [5, 5.41) is 12.9. The summed E-state index contributed by atoms with van der Waals surface area (Å²) in [5.41, 5.74) is 0.387. The van der Waals surface area contributed by atoms with Gasteiger partial charge in [0, 0.05) is 25.2 Å². The highest BCUT2D eigenvalue weighted by atomic mass is 16.5. The van der Waals surface area contributed by atoms with E-state index in [-0.39, 0.29) is 5.56 Å². The van der Waals surface area contributed by atoms with E-state index in [0.717, 1.165) is 0 Å². The third-order valence-corrected chi connectivity index (χ3v) is 2.56. The molecule has 0 saturated carbocycles. The van der Waals surface area contributed by atoms with Gasteiger partial charge in [-0.3, -0.25) is 4.79 Å². The van der Waals surface area contributed by atoms with Crippen molar-refractivity contribution in [2.45, 2.75) is 13.0 Å². The molecule has 2 aromatic rings. The molecule has 0 aliphatic rings. The molecule has 0 aliphatic heterocycles. The van der Waals surface area contributed by atoms with Crippen molar-refractivity contribution in [2.75, 3.05) is 6.61 Å². The van der Waals surface area contributed by atoms with E-state index >= 15 is 0 Å². The number of nitrogens with zero attached hydrogens (tertiary/aromatic N) is 3. The Balaban J connectivity index is 1.86. The van der Waals surface area contributed by atoms with Crippen molar-refractivity contribution in [2.24, 2.45) is 0 Å². The van der Waals surface area contributed by atoms with Crippen LogP contribution < -0.4 is 10.3 Å². The van der Waals surface area contributed by atoms with Crippen LogP contribution in [0.4, 0.5) is 0 Å². The number of nitriles is 1.